The second-order valence-corrected chi connectivity index (χ2v) is 4.78. The van der Waals surface area contributed by atoms with Crippen molar-refractivity contribution in [3.8, 4) is 0 Å². The first-order chi connectivity index (χ1) is 5.87. The maximum absolute atomic E-state index is 11.7. The molecule has 0 radical (unpaired) electrons. The van der Waals surface area contributed by atoms with E-state index in [1.54, 1.807) is 0 Å². The summed E-state index contributed by atoms with van der Waals surface area (Å²) in [7, 11) is 0. The Kier molecular flexibility index (Phi) is 6.21. The van der Waals surface area contributed by atoms with E-state index in [0.29, 0.717) is 6.42 Å². The molecule has 0 heterocycles. The number of alkyl halides is 4. The third kappa shape index (κ3) is 7.50. The fourth-order valence-corrected chi connectivity index (χ4v) is 2.04. The van der Waals surface area contributed by atoms with Crippen molar-refractivity contribution in [3.05, 3.63) is 0 Å². The van der Waals surface area contributed by atoms with Crippen molar-refractivity contribution in [2.24, 2.45) is 5.92 Å². The zero-order chi connectivity index (χ0) is 10.5. The van der Waals surface area contributed by atoms with Gasteiger partial charge in [-0.1, -0.05) is 25.1 Å². The molecular weight excluding hydrogens is 221 g/mol. The summed E-state index contributed by atoms with van der Waals surface area (Å²) in [5.41, 5.74) is -4.10. The molecular formula is C8H14ClF3S. The lowest BCUT2D eigenvalue weighted by molar-refractivity contribution is -0.0328. The van der Waals surface area contributed by atoms with E-state index < -0.39 is 5.51 Å². The van der Waals surface area contributed by atoms with Gasteiger partial charge >= 0.3 is 5.51 Å². The molecule has 2 unspecified atom stereocenters. The topological polar surface area (TPSA) is 0 Å². The van der Waals surface area contributed by atoms with E-state index in [9.17, 15) is 13.2 Å². The molecule has 0 rings (SSSR count). The third-order valence-electron chi connectivity index (χ3n) is 1.93. The van der Waals surface area contributed by atoms with Gasteiger partial charge in [0.25, 0.3) is 0 Å². The van der Waals surface area contributed by atoms with Gasteiger partial charge in [0.15, 0.2) is 0 Å². The van der Waals surface area contributed by atoms with Crippen LogP contribution in [0.4, 0.5) is 13.2 Å². The minimum atomic E-state index is -4.10. The normalized spacial score (nSPS) is 17.1. The van der Waals surface area contributed by atoms with Crippen LogP contribution in [0.3, 0.4) is 0 Å². The smallest absolute Gasteiger partial charge is 0.160 e. The Hall–Kier alpha value is 0.430. The monoisotopic (exact) mass is 234 g/mol. The minimum Gasteiger partial charge on any atom is -0.160 e. The zero-order valence-electron chi connectivity index (χ0n) is 7.70. The molecule has 0 fully saturated rings. The van der Waals surface area contributed by atoms with Crippen LogP contribution in [-0.4, -0.2) is 16.6 Å². The van der Waals surface area contributed by atoms with Crippen LogP contribution in [-0.2, 0) is 0 Å². The summed E-state index contributed by atoms with van der Waals surface area (Å²) in [6.07, 6.45) is 1.37. The fraction of sp³-hybridized carbons (Fsp3) is 1.00. The Morgan fingerprint density at radius 1 is 1.38 bits per heavy atom. The van der Waals surface area contributed by atoms with Crippen LogP contribution in [0.2, 0.25) is 0 Å². The van der Waals surface area contributed by atoms with Gasteiger partial charge in [-0.2, -0.15) is 13.2 Å². The van der Waals surface area contributed by atoms with Crippen LogP contribution in [0.1, 0.15) is 26.7 Å². The van der Waals surface area contributed by atoms with Crippen molar-refractivity contribution in [3.63, 3.8) is 0 Å². The largest absolute Gasteiger partial charge is 0.441 e. The predicted molar refractivity (Wildman–Crippen MR) is 52.2 cm³/mol. The first kappa shape index (κ1) is 13.4. The Balaban J connectivity index is 3.62. The Morgan fingerprint density at radius 3 is 2.23 bits per heavy atom. The fourth-order valence-electron chi connectivity index (χ4n) is 1.08. The van der Waals surface area contributed by atoms with Crippen molar-refractivity contribution >= 4 is 23.4 Å². The van der Waals surface area contributed by atoms with Crippen molar-refractivity contribution in [1.29, 1.82) is 0 Å². The highest BCUT2D eigenvalue weighted by molar-refractivity contribution is 8.00. The summed E-state index contributed by atoms with van der Waals surface area (Å²) in [4.78, 5) is 0. The predicted octanol–water partition coefficient (Wildman–Crippen LogP) is 4.28. The lowest BCUT2D eigenvalue weighted by Crippen LogP contribution is -2.12. The lowest BCUT2D eigenvalue weighted by Gasteiger charge is -2.16. The van der Waals surface area contributed by atoms with E-state index in [0.717, 1.165) is 6.42 Å². The van der Waals surface area contributed by atoms with Crippen LogP contribution < -0.4 is 0 Å². The lowest BCUT2D eigenvalue weighted by atomic mass is 10.0. The van der Waals surface area contributed by atoms with E-state index in [1.807, 2.05) is 13.8 Å². The molecule has 0 saturated heterocycles. The number of rotatable bonds is 5. The van der Waals surface area contributed by atoms with Crippen LogP contribution in [0, 0.1) is 5.92 Å². The summed E-state index contributed by atoms with van der Waals surface area (Å²) in [5, 5.41) is -0.0427. The highest BCUT2D eigenvalue weighted by Gasteiger charge is 2.28. The molecule has 0 saturated carbocycles. The molecule has 13 heavy (non-hydrogen) atoms. The van der Waals surface area contributed by atoms with E-state index in [4.69, 9.17) is 11.6 Å². The van der Waals surface area contributed by atoms with Crippen molar-refractivity contribution < 1.29 is 13.2 Å². The van der Waals surface area contributed by atoms with E-state index >= 15 is 0 Å². The van der Waals surface area contributed by atoms with Crippen molar-refractivity contribution in [1.82, 2.24) is 0 Å². The first-order valence-corrected chi connectivity index (χ1v) is 5.63. The highest BCUT2D eigenvalue weighted by Crippen LogP contribution is 2.32. The van der Waals surface area contributed by atoms with Crippen molar-refractivity contribution in [2.75, 3.05) is 5.75 Å². The molecule has 0 N–H and O–H groups in total. The van der Waals surface area contributed by atoms with Gasteiger partial charge in [-0.3, -0.25) is 0 Å². The molecule has 0 amide bonds. The van der Waals surface area contributed by atoms with Crippen LogP contribution in [0.25, 0.3) is 0 Å². The summed E-state index contributed by atoms with van der Waals surface area (Å²) in [6, 6.07) is 0. The number of hydrogen-bond donors (Lipinski definition) is 0. The molecule has 0 aliphatic rings. The third-order valence-corrected chi connectivity index (χ3v) is 3.05. The van der Waals surface area contributed by atoms with Gasteiger partial charge in [0.05, 0.1) is 0 Å². The Labute approximate surface area is 86.2 Å². The van der Waals surface area contributed by atoms with E-state index in [2.05, 4.69) is 0 Å². The van der Waals surface area contributed by atoms with Gasteiger partial charge in [-0.05, 0) is 19.3 Å². The molecule has 0 nitrogen and oxygen atoms in total. The molecule has 80 valence electrons. The van der Waals surface area contributed by atoms with E-state index in [1.165, 1.54) is 0 Å². The Bertz CT molecular complexity index is 136. The molecule has 0 aromatic carbocycles. The summed E-state index contributed by atoms with van der Waals surface area (Å²) < 4.78 is 35.2. The number of hydrogen-bond acceptors (Lipinski definition) is 1. The van der Waals surface area contributed by atoms with Gasteiger partial charge in [0.2, 0.25) is 0 Å². The summed E-state index contributed by atoms with van der Waals surface area (Å²) in [6.45, 7) is 3.77. The number of thioether (sulfide) groups is 1. The summed E-state index contributed by atoms with van der Waals surface area (Å²) in [5.74, 6) is 0.301. The van der Waals surface area contributed by atoms with Crippen LogP contribution in [0.5, 0.6) is 0 Å². The maximum atomic E-state index is 11.7. The standard InChI is InChI=1S/C8H14ClF3S/c1-3-7(6(2)9)4-5-13-8(10,11)12/h6-7H,3-5H2,1-2H3. The molecule has 0 aromatic heterocycles. The molecule has 0 aliphatic heterocycles. The quantitative estimate of drug-likeness (QED) is 0.640. The van der Waals surface area contributed by atoms with Crippen molar-refractivity contribution in [2.45, 2.75) is 37.6 Å². The second kappa shape index (κ2) is 6.02. The summed E-state index contributed by atoms with van der Waals surface area (Å²) >= 11 is 5.84. The average Bonchev–Trinajstić information content (AvgIpc) is 1.95. The second-order valence-electron chi connectivity index (χ2n) is 2.93. The Morgan fingerprint density at radius 2 is 1.92 bits per heavy atom. The maximum Gasteiger partial charge on any atom is 0.441 e. The molecule has 0 bridgehead atoms. The van der Waals surface area contributed by atoms with Crippen LogP contribution in [0.15, 0.2) is 0 Å². The van der Waals surface area contributed by atoms with Gasteiger partial charge in [-0.25, -0.2) is 0 Å². The van der Waals surface area contributed by atoms with Gasteiger partial charge in [0.1, 0.15) is 0 Å². The molecule has 0 aromatic rings. The van der Waals surface area contributed by atoms with Gasteiger partial charge < -0.3 is 0 Å². The first-order valence-electron chi connectivity index (χ1n) is 4.21. The zero-order valence-corrected chi connectivity index (χ0v) is 9.27. The molecule has 2 atom stereocenters. The SMILES string of the molecule is CCC(CCSC(F)(F)F)C(C)Cl. The molecule has 0 aliphatic carbocycles. The van der Waals surface area contributed by atoms with Gasteiger partial charge in [-0.15, -0.1) is 11.6 Å². The highest BCUT2D eigenvalue weighted by atomic mass is 35.5. The van der Waals surface area contributed by atoms with Crippen LogP contribution >= 0.6 is 23.4 Å². The molecule has 0 spiro atoms. The number of halogens is 4. The molecule has 5 heteroatoms. The minimum absolute atomic E-state index is 0.0360. The average molecular weight is 235 g/mol. The van der Waals surface area contributed by atoms with Gasteiger partial charge in [0, 0.05) is 11.1 Å². The van der Waals surface area contributed by atoms with E-state index in [-0.39, 0.29) is 28.8 Å².